The Morgan fingerprint density at radius 2 is 1.83 bits per heavy atom. The number of benzene rings is 2. The average Bonchev–Trinajstić information content (AvgIpc) is 3.31. The van der Waals surface area contributed by atoms with Crippen LogP contribution in [0.15, 0.2) is 80.9 Å². The van der Waals surface area contributed by atoms with Crippen LogP contribution in [-0.2, 0) is 7.05 Å². The first kappa shape index (κ1) is 19.2. The molecule has 0 aliphatic carbocycles. The van der Waals surface area contributed by atoms with E-state index in [1.165, 1.54) is 12.3 Å². The highest BCUT2D eigenvalue weighted by molar-refractivity contribution is 5.89. The zero-order valence-corrected chi connectivity index (χ0v) is 16.4. The zero-order chi connectivity index (χ0) is 21.3. The van der Waals surface area contributed by atoms with E-state index in [0.29, 0.717) is 22.8 Å². The molecule has 0 aliphatic rings. The predicted molar refractivity (Wildman–Crippen MR) is 114 cm³/mol. The highest BCUT2D eigenvalue weighted by atomic mass is 16.4. The van der Waals surface area contributed by atoms with Crippen molar-refractivity contribution in [1.82, 2.24) is 9.36 Å². The smallest absolute Gasteiger partial charge is 0.335 e. The average molecular weight is 401 g/mol. The summed E-state index contributed by atoms with van der Waals surface area (Å²) >= 11 is 0. The minimum atomic E-state index is -1.00. The maximum Gasteiger partial charge on any atom is 0.335 e. The quantitative estimate of drug-likeness (QED) is 0.508. The molecule has 0 aliphatic heterocycles. The molecule has 2 aromatic heterocycles. The largest absolute Gasteiger partial charge is 0.478 e. The molecular formula is C23H19N3O4. The van der Waals surface area contributed by atoms with Gasteiger partial charge in [-0.2, -0.15) is 0 Å². The first-order chi connectivity index (χ1) is 14.5. The maximum atomic E-state index is 12.9. The van der Waals surface area contributed by atoms with Crippen LogP contribution in [0.3, 0.4) is 0 Å². The second kappa shape index (κ2) is 7.71. The van der Waals surface area contributed by atoms with Crippen LogP contribution in [0, 0.1) is 6.92 Å². The molecule has 2 aromatic carbocycles. The summed E-state index contributed by atoms with van der Waals surface area (Å²) in [5, 5.41) is 9.15. The van der Waals surface area contributed by atoms with Crippen LogP contribution in [0.1, 0.15) is 21.8 Å². The van der Waals surface area contributed by atoms with Crippen LogP contribution in [0.5, 0.6) is 0 Å². The van der Waals surface area contributed by atoms with Gasteiger partial charge in [-0.15, -0.1) is 0 Å². The van der Waals surface area contributed by atoms with Gasteiger partial charge >= 0.3 is 5.97 Å². The van der Waals surface area contributed by atoms with Gasteiger partial charge in [-0.05, 0) is 43.3 Å². The van der Waals surface area contributed by atoms with Crippen molar-refractivity contribution in [3.63, 3.8) is 0 Å². The van der Waals surface area contributed by atoms with Gasteiger partial charge in [-0.25, -0.2) is 14.5 Å². The third kappa shape index (κ3) is 3.48. The van der Waals surface area contributed by atoms with Gasteiger partial charge in [0.05, 0.1) is 23.2 Å². The molecule has 4 aromatic rings. The lowest BCUT2D eigenvalue weighted by Crippen LogP contribution is -2.19. The van der Waals surface area contributed by atoms with Crippen LogP contribution >= 0.6 is 0 Å². The van der Waals surface area contributed by atoms with Crippen molar-refractivity contribution >= 4 is 17.9 Å². The summed E-state index contributed by atoms with van der Waals surface area (Å²) in [5.41, 5.74) is 2.41. The van der Waals surface area contributed by atoms with Crippen LogP contribution in [0.25, 0.3) is 17.0 Å². The van der Waals surface area contributed by atoms with Gasteiger partial charge in [0.2, 0.25) is 0 Å². The van der Waals surface area contributed by atoms with Crippen molar-refractivity contribution in [1.29, 1.82) is 0 Å². The number of furan rings is 1. The van der Waals surface area contributed by atoms with E-state index in [1.54, 1.807) is 39.7 Å². The van der Waals surface area contributed by atoms with E-state index in [-0.39, 0.29) is 11.1 Å². The van der Waals surface area contributed by atoms with Crippen molar-refractivity contribution in [2.24, 2.45) is 12.0 Å². The number of aromatic carboxylic acids is 1. The summed E-state index contributed by atoms with van der Waals surface area (Å²) in [6, 6.07) is 19.3. The van der Waals surface area contributed by atoms with E-state index in [9.17, 15) is 9.59 Å². The van der Waals surface area contributed by atoms with Crippen LogP contribution < -0.4 is 5.56 Å². The molecule has 0 atom stereocenters. The van der Waals surface area contributed by atoms with Gasteiger partial charge in [0.25, 0.3) is 5.56 Å². The number of aliphatic imine (C=N–C) groups is 1. The van der Waals surface area contributed by atoms with Gasteiger partial charge in [-0.3, -0.25) is 9.48 Å². The number of hydrogen-bond acceptors (Lipinski definition) is 4. The van der Waals surface area contributed by atoms with E-state index < -0.39 is 5.97 Å². The molecule has 0 fully saturated rings. The Balaban J connectivity index is 1.65. The summed E-state index contributed by atoms with van der Waals surface area (Å²) < 4.78 is 9.09. The summed E-state index contributed by atoms with van der Waals surface area (Å²) in [4.78, 5) is 28.4. The second-order valence-corrected chi connectivity index (χ2v) is 6.76. The topological polar surface area (TPSA) is 89.7 Å². The Morgan fingerprint density at radius 3 is 2.57 bits per heavy atom. The van der Waals surface area contributed by atoms with E-state index in [4.69, 9.17) is 9.52 Å². The standard InChI is InChI=1S/C23H19N3O4/c1-15-21(22(27)26(25(15)2)18-9-4-3-5-10-18)24-14-19-11-12-20(30-19)16-7-6-8-17(13-16)23(28)29/h3-14H,1-2H3,(H,28,29). The molecule has 7 nitrogen and oxygen atoms in total. The van der Waals surface area contributed by atoms with Gasteiger partial charge in [0.15, 0.2) is 5.69 Å². The Kier molecular flexibility index (Phi) is 4.93. The zero-order valence-electron chi connectivity index (χ0n) is 16.4. The highest BCUT2D eigenvalue weighted by Crippen LogP contribution is 2.23. The molecule has 0 saturated heterocycles. The fourth-order valence-corrected chi connectivity index (χ4v) is 3.21. The van der Waals surface area contributed by atoms with Crippen LogP contribution in [-0.4, -0.2) is 26.7 Å². The lowest BCUT2D eigenvalue weighted by molar-refractivity contribution is 0.0697. The van der Waals surface area contributed by atoms with Gasteiger partial charge in [0, 0.05) is 12.6 Å². The number of carboxylic acids is 1. The third-order valence-corrected chi connectivity index (χ3v) is 4.87. The minimum Gasteiger partial charge on any atom is -0.478 e. The summed E-state index contributed by atoms with van der Waals surface area (Å²) in [7, 11) is 1.81. The molecule has 0 amide bonds. The number of carbonyl (C=O) groups is 1. The maximum absolute atomic E-state index is 12.9. The van der Waals surface area contributed by atoms with E-state index in [0.717, 1.165) is 11.4 Å². The Hall–Kier alpha value is -4.13. The molecule has 7 heteroatoms. The fraction of sp³-hybridized carbons (Fsp3) is 0.0870. The first-order valence-corrected chi connectivity index (χ1v) is 9.27. The molecule has 0 saturated carbocycles. The molecular weight excluding hydrogens is 382 g/mol. The summed E-state index contributed by atoms with van der Waals surface area (Å²) in [5.74, 6) is -0.0230. The number of para-hydroxylation sites is 1. The van der Waals surface area contributed by atoms with E-state index in [1.807, 2.05) is 44.3 Å². The number of carboxylic acid groups (broad SMARTS) is 1. The molecule has 4 rings (SSSR count). The Bertz CT molecular complexity index is 1310. The Morgan fingerprint density at radius 1 is 1.07 bits per heavy atom. The van der Waals surface area contributed by atoms with Gasteiger partial charge in [-0.1, -0.05) is 30.3 Å². The number of aromatic nitrogens is 2. The number of nitrogens with zero attached hydrogens (tertiary/aromatic N) is 3. The lowest BCUT2D eigenvalue weighted by Gasteiger charge is -2.07. The first-order valence-electron chi connectivity index (χ1n) is 9.27. The van der Waals surface area contributed by atoms with Crippen LogP contribution in [0.4, 0.5) is 5.69 Å². The molecule has 0 spiro atoms. The molecule has 150 valence electrons. The summed E-state index contributed by atoms with van der Waals surface area (Å²) in [6.45, 7) is 1.83. The van der Waals surface area contributed by atoms with Crippen molar-refractivity contribution < 1.29 is 14.3 Å². The molecule has 2 heterocycles. The second-order valence-electron chi connectivity index (χ2n) is 6.76. The molecule has 30 heavy (non-hydrogen) atoms. The van der Waals surface area contributed by atoms with Gasteiger partial charge < -0.3 is 9.52 Å². The monoisotopic (exact) mass is 401 g/mol. The number of hydrogen-bond donors (Lipinski definition) is 1. The SMILES string of the molecule is Cc1c(N=Cc2ccc(-c3cccc(C(=O)O)c3)o2)c(=O)n(-c2ccccc2)n1C. The molecule has 0 radical (unpaired) electrons. The van der Waals surface area contributed by atoms with Crippen molar-refractivity contribution in [2.75, 3.05) is 0 Å². The van der Waals surface area contributed by atoms with E-state index in [2.05, 4.69) is 4.99 Å². The molecule has 0 unspecified atom stereocenters. The minimum absolute atomic E-state index is 0.181. The highest BCUT2D eigenvalue weighted by Gasteiger charge is 2.15. The van der Waals surface area contributed by atoms with Crippen molar-refractivity contribution in [3.8, 4) is 17.0 Å². The van der Waals surface area contributed by atoms with E-state index >= 15 is 0 Å². The number of rotatable bonds is 5. The lowest BCUT2D eigenvalue weighted by atomic mass is 10.1. The third-order valence-electron chi connectivity index (χ3n) is 4.87. The normalized spacial score (nSPS) is 11.3. The van der Waals surface area contributed by atoms with Crippen molar-refractivity contribution in [3.05, 3.63) is 94.1 Å². The summed E-state index contributed by atoms with van der Waals surface area (Å²) in [6.07, 6.45) is 1.49. The Labute approximate surface area is 172 Å². The predicted octanol–water partition coefficient (Wildman–Crippen LogP) is 4.19. The van der Waals surface area contributed by atoms with Crippen LogP contribution in [0.2, 0.25) is 0 Å². The fourth-order valence-electron chi connectivity index (χ4n) is 3.21. The van der Waals surface area contributed by atoms with Gasteiger partial charge in [0.1, 0.15) is 11.5 Å². The molecule has 0 bridgehead atoms. The molecule has 1 N–H and O–H groups in total. The van der Waals surface area contributed by atoms with Crippen molar-refractivity contribution in [2.45, 2.75) is 6.92 Å².